The Morgan fingerprint density at radius 1 is 0.963 bits per heavy atom. The molecule has 140 valence electrons. The van der Waals surface area contributed by atoms with Crippen molar-refractivity contribution in [1.82, 2.24) is 4.31 Å². The van der Waals surface area contributed by atoms with Crippen LogP contribution in [-0.2, 0) is 14.8 Å². The highest BCUT2D eigenvalue weighted by Gasteiger charge is 2.16. The number of rotatable bonds is 6. The molecular weight excluding hydrogens is 364 g/mol. The normalized spacial score (nSPS) is 11.5. The van der Waals surface area contributed by atoms with E-state index >= 15 is 0 Å². The van der Waals surface area contributed by atoms with Crippen molar-refractivity contribution in [2.24, 2.45) is 0 Å². The smallest absolute Gasteiger partial charge is 0.262 e. The summed E-state index contributed by atoms with van der Waals surface area (Å²) in [5.74, 6) is 0.280. The highest BCUT2D eigenvalue weighted by Crippen LogP contribution is 2.21. The lowest BCUT2D eigenvalue weighted by Gasteiger charge is -2.12. The number of benzene rings is 3. The summed E-state index contributed by atoms with van der Waals surface area (Å²) in [4.78, 5) is 12.2. The first kappa shape index (κ1) is 18.9. The molecule has 0 aliphatic heterocycles. The van der Waals surface area contributed by atoms with E-state index in [0.717, 1.165) is 15.1 Å². The third kappa shape index (κ3) is 4.45. The number of sulfonamides is 1. The van der Waals surface area contributed by atoms with Gasteiger partial charge in [-0.1, -0.05) is 30.3 Å². The molecule has 1 N–H and O–H groups in total. The summed E-state index contributed by atoms with van der Waals surface area (Å²) in [5.41, 5.74) is 0.500. The molecule has 1 amide bonds. The number of carbonyl (C=O) groups is 1. The first-order chi connectivity index (χ1) is 12.9. The molecule has 0 aliphatic carbocycles. The van der Waals surface area contributed by atoms with Crippen molar-refractivity contribution in [3.05, 3.63) is 66.7 Å². The third-order valence-electron chi connectivity index (χ3n) is 4.01. The highest BCUT2D eigenvalue weighted by atomic mass is 32.2. The number of fused-ring (bicyclic) bond motifs is 1. The van der Waals surface area contributed by atoms with Crippen LogP contribution in [-0.4, -0.2) is 39.3 Å². The standard InChI is InChI=1S/C20H20N2O4S/c1-22(2)27(24,25)19-11-8-17(9-12-19)21-20(23)14-26-18-10-7-15-5-3-4-6-16(15)13-18/h3-13H,14H2,1-2H3,(H,21,23). The molecule has 27 heavy (non-hydrogen) atoms. The predicted molar refractivity (Wildman–Crippen MR) is 105 cm³/mol. The fourth-order valence-corrected chi connectivity index (χ4v) is 3.43. The number of carbonyl (C=O) groups excluding carboxylic acids is 1. The monoisotopic (exact) mass is 384 g/mol. The summed E-state index contributed by atoms with van der Waals surface area (Å²) in [6, 6.07) is 19.5. The Kier molecular flexibility index (Phi) is 5.43. The second kappa shape index (κ2) is 7.77. The van der Waals surface area contributed by atoms with Gasteiger partial charge in [-0.25, -0.2) is 12.7 Å². The summed E-state index contributed by atoms with van der Waals surface area (Å²) >= 11 is 0. The minimum absolute atomic E-state index is 0.143. The lowest BCUT2D eigenvalue weighted by molar-refractivity contribution is -0.118. The van der Waals surface area contributed by atoms with E-state index < -0.39 is 10.0 Å². The van der Waals surface area contributed by atoms with Crippen LogP contribution in [0.15, 0.2) is 71.6 Å². The Bertz CT molecular complexity index is 1060. The van der Waals surface area contributed by atoms with Crippen LogP contribution in [0.2, 0.25) is 0 Å². The van der Waals surface area contributed by atoms with E-state index in [-0.39, 0.29) is 17.4 Å². The van der Waals surface area contributed by atoms with Gasteiger partial charge in [0, 0.05) is 19.8 Å². The lowest BCUT2D eigenvalue weighted by atomic mass is 10.1. The minimum Gasteiger partial charge on any atom is -0.484 e. The van der Waals surface area contributed by atoms with Crippen LogP contribution in [0.5, 0.6) is 5.75 Å². The summed E-state index contributed by atoms with van der Waals surface area (Å²) in [6.07, 6.45) is 0. The van der Waals surface area contributed by atoms with Crippen LogP contribution in [0.1, 0.15) is 0 Å². The van der Waals surface area contributed by atoms with Gasteiger partial charge in [0.1, 0.15) is 5.75 Å². The molecule has 0 bridgehead atoms. The molecule has 0 saturated carbocycles. The molecule has 0 heterocycles. The first-order valence-corrected chi connectivity index (χ1v) is 9.74. The molecular formula is C20H20N2O4S. The highest BCUT2D eigenvalue weighted by molar-refractivity contribution is 7.89. The predicted octanol–water partition coefficient (Wildman–Crippen LogP) is 3.11. The number of hydrogen-bond acceptors (Lipinski definition) is 4. The second-order valence-corrected chi connectivity index (χ2v) is 8.31. The lowest BCUT2D eigenvalue weighted by Crippen LogP contribution is -2.22. The van der Waals surface area contributed by atoms with Gasteiger partial charge in [0.2, 0.25) is 10.0 Å². The van der Waals surface area contributed by atoms with Gasteiger partial charge < -0.3 is 10.1 Å². The maximum atomic E-state index is 12.1. The molecule has 0 aliphatic rings. The Morgan fingerprint density at radius 3 is 2.30 bits per heavy atom. The van der Waals surface area contributed by atoms with E-state index in [4.69, 9.17) is 4.74 Å². The molecule has 0 radical (unpaired) electrons. The molecule has 3 aromatic carbocycles. The van der Waals surface area contributed by atoms with E-state index in [1.165, 1.54) is 26.2 Å². The SMILES string of the molecule is CN(C)S(=O)(=O)c1ccc(NC(=O)COc2ccc3ccccc3c2)cc1. The maximum Gasteiger partial charge on any atom is 0.262 e. The summed E-state index contributed by atoms with van der Waals surface area (Å²) in [7, 11) is -0.556. The van der Waals surface area contributed by atoms with Gasteiger partial charge >= 0.3 is 0 Å². The van der Waals surface area contributed by atoms with Gasteiger partial charge in [-0.3, -0.25) is 4.79 Å². The van der Waals surface area contributed by atoms with Gasteiger partial charge in [-0.05, 0) is 47.2 Å². The number of amides is 1. The Balaban J connectivity index is 1.60. The van der Waals surface area contributed by atoms with Crippen molar-refractivity contribution in [3.63, 3.8) is 0 Å². The Hall–Kier alpha value is -2.90. The van der Waals surface area contributed by atoms with Crippen molar-refractivity contribution in [1.29, 1.82) is 0 Å². The van der Waals surface area contributed by atoms with Crippen LogP contribution >= 0.6 is 0 Å². The molecule has 3 rings (SSSR count). The number of ether oxygens (including phenoxy) is 1. The van der Waals surface area contributed by atoms with Gasteiger partial charge in [0.15, 0.2) is 6.61 Å². The summed E-state index contributed by atoms with van der Waals surface area (Å²) in [6.45, 7) is -0.143. The third-order valence-corrected chi connectivity index (χ3v) is 5.84. The van der Waals surface area contributed by atoms with E-state index in [1.807, 2.05) is 42.5 Å². The van der Waals surface area contributed by atoms with E-state index in [9.17, 15) is 13.2 Å². The van der Waals surface area contributed by atoms with Crippen molar-refractivity contribution in [3.8, 4) is 5.75 Å². The fraction of sp³-hybridized carbons (Fsp3) is 0.150. The number of nitrogens with zero attached hydrogens (tertiary/aromatic N) is 1. The van der Waals surface area contributed by atoms with Crippen molar-refractivity contribution >= 4 is 32.4 Å². The van der Waals surface area contributed by atoms with Crippen LogP contribution in [0, 0.1) is 0 Å². The largest absolute Gasteiger partial charge is 0.484 e. The molecule has 3 aromatic rings. The number of nitrogens with one attached hydrogen (secondary N) is 1. The molecule has 0 aromatic heterocycles. The zero-order valence-corrected chi connectivity index (χ0v) is 15.9. The van der Waals surface area contributed by atoms with Crippen LogP contribution in [0.4, 0.5) is 5.69 Å². The fourth-order valence-electron chi connectivity index (χ4n) is 2.52. The number of hydrogen-bond donors (Lipinski definition) is 1. The number of anilines is 1. The quantitative estimate of drug-likeness (QED) is 0.709. The van der Waals surface area contributed by atoms with Crippen LogP contribution in [0.25, 0.3) is 10.8 Å². The Morgan fingerprint density at radius 2 is 1.63 bits per heavy atom. The van der Waals surface area contributed by atoms with Gasteiger partial charge in [-0.2, -0.15) is 0 Å². The van der Waals surface area contributed by atoms with Crippen molar-refractivity contribution in [2.45, 2.75) is 4.90 Å². The first-order valence-electron chi connectivity index (χ1n) is 8.30. The molecule has 6 nitrogen and oxygen atoms in total. The van der Waals surface area contributed by atoms with E-state index in [0.29, 0.717) is 11.4 Å². The molecule has 0 saturated heterocycles. The zero-order chi connectivity index (χ0) is 19.4. The van der Waals surface area contributed by atoms with Gasteiger partial charge in [0.05, 0.1) is 4.90 Å². The zero-order valence-electron chi connectivity index (χ0n) is 15.0. The average Bonchev–Trinajstić information content (AvgIpc) is 2.66. The topological polar surface area (TPSA) is 75.7 Å². The van der Waals surface area contributed by atoms with E-state index in [2.05, 4.69) is 5.32 Å². The molecule has 0 fully saturated rings. The summed E-state index contributed by atoms with van der Waals surface area (Å²) in [5, 5.41) is 4.82. The molecule has 0 unspecified atom stereocenters. The van der Waals surface area contributed by atoms with Gasteiger partial charge in [0.25, 0.3) is 5.91 Å². The second-order valence-electron chi connectivity index (χ2n) is 6.16. The van der Waals surface area contributed by atoms with Crippen molar-refractivity contribution in [2.75, 3.05) is 26.0 Å². The van der Waals surface area contributed by atoms with E-state index in [1.54, 1.807) is 12.1 Å². The minimum atomic E-state index is -3.49. The van der Waals surface area contributed by atoms with Crippen molar-refractivity contribution < 1.29 is 17.9 Å². The van der Waals surface area contributed by atoms with Crippen LogP contribution in [0.3, 0.4) is 0 Å². The maximum absolute atomic E-state index is 12.1. The molecule has 0 atom stereocenters. The molecule has 0 spiro atoms. The van der Waals surface area contributed by atoms with Crippen LogP contribution < -0.4 is 10.1 Å². The average molecular weight is 384 g/mol. The Labute approximate surface area is 158 Å². The summed E-state index contributed by atoms with van der Waals surface area (Å²) < 4.78 is 30.8. The van der Waals surface area contributed by atoms with Gasteiger partial charge in [-0.15, -0.1) is 0 Å². The molecule has 7 heteroatoms.